The third-order valence-electron chi connectivity index (χ3n) is 1.03. The second-order valence-electron chi connectivity index (χ2n) is 1.89. The molecule has 0 bridgehead atoms. The van der Waals surface area contributed by atoms with Crippen molar-refractivity contribution in [2.24, 2.45) is 0 Å². The van der Waals surface area contributed by atoms with Gasteiger partial charge in [-0.15, -0.1) is 0 Å². The van der Waals surface area contributed by atoms with Crippen molar-refractivity contribution in [1.29, 1.82) is 5.41 Å². The summed E-state index contributed by atoms with van der Waals surface area (Å²) in [6, 6.07) is 0. The van der Waals surface area contributed by atoms with E-state index in [1.807, 2.05) is 0 Å². The lowest BCUT2D eigenvalue weighted by Crippen LogP contribution is -2.13. The Morgan fingerprint density at radius 3 is 2.55 bits per heavy atom. The fourth-order valence-corrected chi connectivity index (χ4v) is 0.511. The molecule has 4 nitrogen and oxygen atoms in total. The van der Waals surface area contributed by atoms with Crippen LogP contribution in [0.5, 0.6) is 0 Å². The van der Waals surface area contributed by atoms with E-state index in [-0.39, 0.29) is 17.9 Å². The van der Waals surface area contributed by atoms with E-state index >= 15 is 0 Å². The Morgan fingerprint density at radius 1 is 1.73 bits per heavy atom. The van der Waals surface area contributed by atoms with Crippen LogP contribution in [0.3, 0.4) is 0 Å². The van der Waals surface area contributed by atoms with Crippen LogP contribution in [0.4, 0.5) is 0 Å². The maximum atomic E-state index is 10.8. The zero-order valence-electron chi connectivity index (χ0n) is 6.55. The molecule has 0 radical (unpaired) electrons. The Morgan fingerprint density at radius 2 is 2.27 bits per heavy atom. The van der Waals surface area contributed by atoms with Gasteiger partial charge < -0.3 is 15.3 Å². The molecule has 11 heavy (non-hydrogen) atoms. The molecule has 0 rings (SSSR count). The van der Waals surface area contributed by atoms with E-state index in [0.29, 0.717) is 6.26 Å². The number of carbonyl (C=O) groups excluding carboxylic acids is 1. The fourth-order valence-electron chi connectivity index (χ4n) is 0.511. The lowest BCUT2D eigenvalue weighted by Gasteiger charge is -2.02. The zero-order chi connectivity index (χ0) is 8.85. The molecule has 0 aromatic carbocycles. The molecule has 0 saturated carbocycles. The van der Waals surface area contributed by atoms with Gasteiger partial charge in [-0.3, -0.25) is 0 Å². The van der Waals surface area contributed by atoms with Crippen LogP contribution < -0.4 is 0 Å². The van der Waals surface area contributed by atoms with Crippen LogP contribution in [0.15, 0.2) is 11.8 Å². The molecule has 0 aromatic rings. The Bertz CT molecular complexity index is 196. The predicted octanol–water partition coefficient (Wildman–Crippen LogP) is 1.03. The second kappa shape index (κ2) is 4.49. The minimum absolute atomic E-state index is 0.00838. The van der Waals surface area contributed by atoms with Crippen molar-refractivity contribution in [3.8, 4) is 0 Å². The quantitative estimate of drug-likeness (QED) is 0.278. The lowest BCUT2D eigenvalue weighted by molar-refractivity contribution is -0.137. The molecule has 2 N–H and O–H groups in total. The van der Waals surface area contributed by atoms with E-state index in [2.05, 4.69) is 4.74 Å². The van der Waals surface area contributed by atoms with Crippen LogP contribution in [0.1, 0.15) is 13.8 Å². The smallest absolute Gasteiger partial charge is 0.343 e. The molecule has 0 amide bonds. The summed E-state index contributed by atoms with van der Waals surface area (Å²) in [5.41, 5.74) is -0.113. The summed E-state index contributed by atoms with van der Waals surface area (Å²) in [6.45, 7) is 3.30. The summed E-state index contributed by atoms with van der Waals surface area (Å²) in [6.07, 6.45) is 0.584. The number of hydrogen-bond acceptors (Lipinski definition) is 4. The molecule has 4 heteroatoms. The first-order valence-corrected chi connectivity index (χ1v) is 3.20. The maximum absolute atomic E-state index is 10.8. The summed E-state index contributed by atoms with van der Waals surface area (Å²) in [5.74, 6) is -0.664. The minimum atomic E-state index is -0.664. The Labute approximate surface area is 65.0 Å². The van der Waals surface area contributed by atoms with Gasteiger partial charge in [0.15, 0.2) is 0 Å². The molecule has 0 aliphatic heterocycles. The molecule has 0 atom stereocenters. The van der Waals surface area contributed by atoms with Gasteiger partial charge in [0.1, 0.15) is 5.57 Å². The maximum Gasteiger partial charge on any atom is 0.343 e. The molecule has 0 fully saturated rings. The van der Waals surface area contributed by atoms with Crippen molar-refractivity contribution in [3.63, 3.8) is 0 Å². The predicted molar refractivity (Wildman–Crippen MR) is 40.7 cm³/mol. The number of aliphatic hydroxyl groups is 1. The first-order chi connectivity index (χ1) is 5.13. The van der Waals surface area contributed by atoms with Gasteiger partial charge in [0.2, 0.25) is 0 Å². The second-order valence-corrected chi connectivity index (χ2v) is 1.89. The van der Waals surface area contributed by atoms with Gasteiger partial charge >= 0.3 is 5.97 Å². The number of carbonyl (C=O) groups is 1. The first-order valence-electron chi connectivity index (χ1n) is 3.20. The third-order valence-corrected chi connectivity index (χ3v) is 1.03. The Hall–Kier alpha value is -1.32. The average molecular weight is 157 g/mol. The van der Waals surface area contributed by atoms with E-state index in [1.54, 1.807) is 6.92 Å². The zero-order valence-corrected chi connectivity index (χ0v) is 6.55. The summed E-state index contributed by atoms with van der Waals surface area (Å²) >= 11 is 0. The molecule has 0 aliphatic rings. The van der Waals surface area contributed by atoms with Crippen LogP contribution in [-0.4, -0.2) is 23.4 Å². The highest BCUT2D eigenvalue weighted by Gasteiger charge is 2.11. The van der Waals surface area contributed by atoms with Crippen molar-refractivity contribution in [3.05, 3.63) is 11.8 Å². The topological polar surface area (TPSA) is 70.4 Å². The van der Waals surface area contributed by atoms with E-state index in [1.165, 1.54) is 6.92 Å². The van der Waals surface area contributed by atoms with Crippen LogP contribution >= 0.6 is 0 Å². The Balaban J connectivity index is 4.29. The Kier molecular flexibility index (Phi) is 3.95. The van der Waals surface area contributed by atoms with Gasteiger partial charge in [-0.2, -0.15) is 0 Å². The number of esters is 1. The molecule has 0 saturated heterocycles. The number of hydrogen-bond donors (Lipinski definition) is 2. The number of aliphatic hydroxyl groups excluding tert-OH is 1. The fraction of sp³-hybridized carbons (Fsp3) is 0.429. The van der Waals surface area contributed by atoms with Crippen LogP contribution in [0, 0.1) is 5.41 Å². The van der Waals surface area contributed by atoms with E-state index < -0.39 is 5.97 Å². The number of nitrogens with one attached hydrogen (secondary N) is 1. The molecule has 0 aromatic heterocycles. The minimum Gasteiger partial charge on any atom is -0.515 e. The van der Waals surface area contributed by atoms with Gasteiger partial charge in [0, 0.05) is 5.71 Å². The average Bonchev–Trinajstić information content (AvgIpc) is 1.88. The lowest BCUT2D eigenvalue weighted by atomic mass is 10.2. The van der Waals surface area contributed by atoms with E-state index in [9.17, 15) is 4.79 Å². The largest absolute Gasteiger partial charge is 0.515 e. The van der Waals surface area contributed by atoms with Crippen LogP contribution in [0.25, 0.3) is 0 Å². The van der Waals surface area contributed by atoms with Gasteiger partial charge in [0.25, 0.3) is 0 Å². The van der Waals surface area contributed by atoms with Crippen molar-refractivity contribution < 1.29 is 14.6 Å². The third kappa shape index (κ3) is 2.84. The van der Waals surface area contributed by atoms with Gasteiger partial charge in [-0.05, 0) is 13.8 Å². The molecular weight excluding hydrogens is 146 g/mol. The van der Waals surface area contributed by atoms with Gasteiger partial charge in [-0.1, -0.05) is 0 Å². The first kappa shape index (κ1) is 9.68. The van der Waals surface area contributed by atoms with Crippen molar-refractivity contribution >= 4 is 11.7 Å². The van der Waals surface area contributed by atoms with Gasteiger partial charge in [-0.25, -0.2) is 4.79 Å². The van der Waals surface area contributed by atoms with Crippen LogP contribution in [0.2, 0.25) is 0 Å². The summed E-state index contributed by atoms with van der Waals surface area (Å²) in [5, 5.41) is 15.5. The molecule has 0 heterocycles. The highest BCUT2D eigenvalue weighted by Crippen LogP contribution is 1.98. The monoisotopic (exact) mass is 157 g/mol. The highest BCUT2D eigenvalue weighted by molar-refractivity contribution is 6.17. The van der Waals surface area contributed by atoms with Crippen LogP contribution in [-0.2, 0) is 9.53 Å². The normalized spacial score (nSPS) is 10.9. The number of rotatable bonds is 3. The SMILES string of the molecule is CCOC(=O)C(=CO)C(C)=N. The summed E-state index contributed by atoms with van der Waals surface area (Å²) in [4.78, 5) is 10.8. The molecule has 0 aliphatic carbocycles. The molecule has 0 unspecified atom stereocenters. The van der Waals surface area contributed by atoms with Crippen molar-refractivity contribution in [1.82, 2.24) is 0 Å². The van der Waals surface area contributed by atoms with E-state index in [4.69, 9.17) is 10.5 Å². The van der Waals surface area contributed by atoms with Gasteiger partial charge in [0.05, 0.1) is 12.9 Å². The molecule has 0 spiro atoms. The molecule has 62 valence electrons. The highest BCUT2D eigenvalue weighted by atomic mass is 16.5. The van der Waals surface area contributed by atoms with Crippen molar-refractivity contribution in [2.45, 2.75) is 13.8 Å². The number of ether oxygens (including phenoxy) is 1. The summed E-state index contributed by atoms with van der Waals surface area (Å²) < 4.78 is 4.55. The summed E-state index contributed by atoms with van der Waals surface area (Å²) in [7, 11) is 0. The van der Waals surface area contributed by atoms with E-state index in [0.717, 1.165) is 0 Å². The standard InChI is InChI=1S/C7H11NO3/c1-3-11-7(10)6(4-9)5(2)8/h4,8-9H,3H2,1-2H3. The molecular formula is C7H11NO3. The van der Waals surface area contributed by atoms with Crippen molar-refractivity contribution in [2.75, 3.05) is 6.61 Å².